The zero-order chi connectivity index (χ0) is 20.7. The first-order chi connectivity index (χ1) is 14.0. The molecule has 0 aliphatic carbocycles. The molecule has 1 saturated heterocycles. The zero-order valence-electron chi connectivity index (χ0n) is 17.4. The highest BCUT2D eigenvalue weighted by molar-refractivity contribution is 7.86. The summed E-state index contributed by atoms with van der Waals surface area (Å²) in [4.78, 5) is 6.76. The minimum Gasteiger partial charge on any atom is -0.303 e. The molecule has 1 fully saturated rings. The number of hydrogen-bond donors (Lipinski definition) is 0. The van der Waals surface area contributed by atoms with Gasteiger partial charge in [0.15, 0.2) is 0 Å². The van der Waals surface area contributed by atoms with Crippen LogP contribution in [0.4, 0.5) is 0 Å². The van der Waals surface area contributed by atoms with E-state index in [2.05, 4.69) is 16.8 Å². The number of nitrogens with zero attached hydrogens (tertiary/aromatic N) is 4. The summed E-state index contributed by atoms with van der Waals surface area (Å²) in [6.45, 7) is 5.88. The molecule has 0 N–H and O–H groups in total. The molecule has 7 heteroatoms. The normalized spacial score (nSPS) is 16.6. The standard InChI is InChI=1S/C22H32N4O2S/c1-3-25-16-13-22(14-17-25)26(18-12-21-11-7-8-15-23-21)29(27,28)24(2)19-20-9-5-4-6-10-20/h4-11,15,22H,3,12-14,16-19H2,1-2H3. The lowest BCUT2D eigenvalue weighted by Crippen LogP contribution is -2.51. The Morgan fingerprint density at radius 2 is 1.76 bits per heavy atom. The fraction of sp³-hybridized carbons (Fsp3) is 0.500. The second kappa shape index (κ2) is 10.3. The summed E-state index contributed by atoms with van der Waals surface area (Å²) in [6.07, 6.45) is 4.12. The lowest BCUT2D eigenvalue weighted by molar-refractivity contribution is 0.160. The van der Waals surface area contributed by atoms with Crippen LogP contribution in [0, 0.1) is 0 Å². The Labute approximate surface area is 175 Å². The molecule has 0 amide bonds. The number of likely N-dealkylation sites (tertiary alicyclic amines) is 1. The third kappa shape index (κ3) is 5.85. The van der Waals surface area contributed by atoms with Crippen LogP contribution in [0.3, 0.4) is 0 Å². The molecule has 1 aromatic carbocycles. The summed E-state index contributed by atoms with van der Waals surface area (Å²) in [6, 6.07) is 15.6. The molecule has 0 spiro atoms. The summed E-state index contributed by atoms with van der Waals surface area (Å²) < 4.78 is 30.2. The number of aromatic nitrogens is 1. The van der Waals surface area contributed by atoms with Crippen molar-refractivity contribution in [2.75, 3.05) is 33.2 Å². The number of pyridine rings is 1. The van der Waals surface area contributed by atoms with E-state index >= 15 is 0 Å². The average Bonchev–Trinajstić information content (AvgIpc) is 2.75. The van der Waals surface area contributed by atoms with E-state index in [1.54, 1.807) is 17.5 Å². The Morgan fingerprint density at radius 1 is 1.07 bits per heavy atom. The van der Waals surface area contributed by atoms with Crippen molar-refractivity contribution in [2.24, 2.45) is 0 Å². The van der Waals surface area contributed by atoms with Crippen molar-refractivity contribution in [3.8, 4) is 0 Å². The molecule has 2 heterocycles. The van der Waals surface area contributed by atoms with Gasteiger partial charge in [0.25, 0.3) is 10.2 Å². The lowest BCUT2D eigenvalue weighted by Gasteiger charge is -2.39. The maximum atomic E-state index is 13.5. The molecular formula is C22H32N4O2S. The predicted octanol–water partition coefficient (Wildman–Crippen LogP) is 2.79. The van der Waals surface area contributed by atoms with Crippen LogP contribution in [0.1, 0.15) is 31.0 Å². The topological polar surface area (TPSA) is 56.8 Å². The molecule has 158 valence electrons. The van der Waals surface area contributed by atoms with Crippen molar-refractivity contribution in [1.29, 1.82) is 0 Å². The molecule has 6 nitrogen and oxygen atoms in total. The monoisotopic (exact) mass is 416 g/mol. The van der Waals surface area contributed by atoms with Crippen molar-refractivity contribution in [1.82, 2.24) is 18.5 Å². The maximum Gasteiger partial charge on any atom is 0.282 e. The Kier molecular flexibility index (Phi) is 7.77. The molecule has 1 aliphatic heterocycles. The number of piperidine rings is 1. The van der Waals surface area contributed by atoms with Crippen molar-refractivity contribution >= 4 is 10.2 Å². The van der Waals surface area contributed by atoms with Crippen molar-refractivity contribution in [3.05, 3.63) is 66.0 Å². The van der Waals surface area contributed by atoms with Gasteiger partial charge in [-0.05, 0) is 50.2 Å². The van der Waals surface area contributed by atoms with E-state index in [1.807, 2.05) is 48.5 Å². The lowest BCUT2D eigenvalue weighted by atomic mass is 10.0. The van der Waals surface area contributed by atoms with Crippen molar-refractivity contribution in [3.63, 3.8) is 0 Å². The van der Waals surface area contributed by atoms with E-state index in [4.69, 9.17) is 0 Å². The van der Waals surface area contributed by atoms with Crippen LogP contribution < -0.4 is 0 Å². The number of hydrogen-bond acceptors (Lipinski definition) is 4. The Morgan fingerprint density at radius 3 is 2.38 bits per heavy atom. The smallest absolute Gasteiger partial charge is 0.282 e. The second-order valence-electron chi connectivity index (χ2n) is 7.60. The van der Waals surface area contributed by atoms with E-state index in [9.17, 15) is 8.42 Å². The zero-order valence-corrected chi connectivity index (χ0v) is 18.3. The molecule has 0 saturated carbocycles. The molecule has 0 unspecified atom stereocenters. The van der Waals surface area contributed by atoms with E-state index < -0.39 is 10.2 Å². The molecule has 3 rings (SSSR count). The van der Waals surface area contributed by atoms with E-state index in [1.165, 1.54) is 4.31 Å². The molecule has 0 radical (unpaired) electrons. The maximum absolute atomic E-state index is 13.5. The fourth-order valence-electron chi connectivity index (χ4n) is 3.88. The molecule has 2 aromatic rings. The number of benzene rings is 1. The van der Waals surface area contributed by atoms with Gasteiger partial charge in [-0.3, -0.25) is 4.98 Å². The van der Waals surface area contributed by atoms with Gasteiger partial charge in [0.05, 0.1) is 0 Å². The molecule has 0 atom stereocenters. The summed E-state index contributed by atoms with van der Waals surface area (Å²) in [5, 5.41) is 0. The summed E-state index contributed by atoms with van der Waals surface area (Å²) in [5.74, 6) is 0. The minimum absolute atomic E-state index is 0.0322. The first-order valence-electron chi connectivity index (χ1n) is 10.4. The van der Waals surface area contributed by atoms with Gasteiger partial charge in [-0.2, -0.15) is 17.0 Å². The minimum atomic E-state index is -3.57. The Hall–Kier alpha value is -1.80. The molecule has 1 aliphatic rings. The molecule has 0 bridgehead atoms. The van der Waals surface area contributed by atoms with E-state index in [0.717, 1.165) is 43.7 Å². The van der Waals surface area contributed by atoms with Crippen LogP contribution in [0.5, 0.6) is 0 Å². The van der Waals surface area contributed by atoms with Gasteiger partial charge < -0.3 is 4.90 Å². The quantitative estimate of drug-likeness (QED) is 0.631. The van der Waals surface area contributed by atoms with Gasteiger partial charge in [0, 0.05) is 44.5 Å². The highest BCUT2D eigenvalue weighted by Gasteiger charge is 2.34. The molecule has 1 aromatic heterocycles. The van der Waals surface area contributed by atoms with Gasteiger partial charge in [0.2, 0.25) is 0 Å². The van der Waals surface area contributed by atoms with Crippen LogP contribution in [0.15, 0.2) is 54.7 Å². The highest BCUT2D eigenvalue weighted by Crippen LogP contribution is 2.22. The van der Waals surface area contributed by atoms with Gasteiger partial charge >= 0.3 is 0 Å². The van der Waals surface area contributed by atoms with Gasteiger partial charge in [0.1, 0.15) is 0 Å². The summed E-state index contributed by atoms with van der Waals surface area (Å²) in [5.41, 5.74) is 1.91. The first-order valence-corrected chi connectivity index (χ1v) is 11.8. The average molecular weight is 417 g/mol. The molecular weight excluding hydrogens is 384 g/mol. The summed E-state index contributed by atoms with van der Waals surface area (Å²) in [7, 11) is -1.90. The van der Waals surface area contributed by atoms with Crippen molar-refractivity contribution < 1.29 is 8.42 Å². The fourth-order valence-corrected chi connectivity index (χ4v) is 5.46. The third-order valence-electron chi connectivity index (χ3n) is 5.66. The van der Waals surface area contributed by atoms with Gasteiger partial charge in [-0.15, -0.1) is 0 Å². The Balaban J connectivity index is 1.76. The SMILES string of the molecule is CCN1CCC(N(CCc2ccccn2)S(=O)(=O)N(C)Cc2ccccc2)CC1. The van der Waals surface area contributed by atoms with Gasteiger partial charge in [-0.25, -0.2) is 0 Å². The van der Waals surface area contributed by atoms with E-state index in [-0.39, 0.29) is 6.04 Å². The van der Waals surface area contributed by atoms with E-state index in [0.29, 0.717) is 19.5 Å². The Bertz CT molecular complexity index is 838. The number of rotatable bonds is 9. The predicted molar refractivity (Wildman–Crippen MR) is 117 cm³/mol. The third-order valence-corrected chi connectivity index (χ3v) is 7.65. The van der Waals surface area contributed by atoms with Gasteiger partial charge in [-0.1, -0.05) is 43.3 Å². The van der Waals surface area contributed by atoms with Crippen molar-refractivity contribution in [2.45, 2.75) is 38.8 Å². The second-order valence-corrected chi connectivity index (χ2v) is 9.58. The van der Waals surface area contributed by atoms with Crippen LogP contribution in [-0.4, -0.2) is 66.2 Å². The largest absolute Gasteiger partial charge is 0.303 e. The molecule has 29 heavy (non-hydrogen) atoms. The summed E-state index contributed by atoms with van der Waals surface area (Å²) >= 11 is 0. The highest BCUT2D eigenvalue weighted by atomic mass is 32.2. The van der Waals surface area contributed by atoms with Crippen LogP contribution >= 0.6 is 0 Å². The van der Waals surface area contributed by atoms with Crippen LogP contribution in [-0.2, 0) is 23.2 Å². The van der Waals surface area contributed by atoms with Crippen LogP contribution in [0.25, 0.3) is 0 Å². The van der Waals surface area contributed by atoms with Crippen LogP contribution in [0.2, 0.25) is 0 Å². The first kappa shape index (κ1) is 21.9.